The molecule has 7 heteroatoms. The zero-order valence-corrected chi connectivity index (χ0v) is 11.6. The van der Waals surface area contributed by atoms with Gasteiger partial charge < -0.3 is 14.8 Å². The van der Waals surface area contributed by atoms with Crippen molar-refractivity contribution in [1.82, 2.24) is 4.90 Å². The maximum atomic E-state index is 12.0. The third kappa shape index (κ3) is 3.02. The summed E-state index contributed by atoms with van der Waals surface area (Å²) in [7, 11) is 1.54. The van der Waals surface area contributed by atoms with Crippen molar-refractivity contribution in [3.8, 4) is 5.75 Å². The summed E-state index contributed by atoms with van der Waals surface area (Å²) in [5, 5.41) is 2.79. The molecule has 1 aliphatic heterocycles. The average Bonchev–Trinajstić information content (AvgIpc) is 2.74. The summed E-state index contributed by atoms with van der Waals surface area (Å²) in [6.45, 7) is 1.67. The van der Waals surface area contributed by atoms with E-state index in [-0.39, 0.29) is 12.3 Å². The van der Waals surface area contributed by atoms with Crippen LogP contribution < -0.4 is 10.1 Å². The van der Waals surface area contributed by atoms with E-state index in [4.69, 9.17) is 4.74 Å². The molecule has 0 radical (unpaired) electrons. The summed E-state index contributed by atoms with van der Waals surface area (Å²) in [4.78, 5) is 35.7. The lowest BCUT2D eigenvalue weighted by Gasteiger charge is -2.12. The van der Waals surface area contributed by atoms with E-state index in [1.165, 1.54) is 0 Å². The molecular formula is C14H14N2O5. The minimum absolute atomic E-state index is 0.0122. The summed E-state index contributed by atoms with van der Waals surface area (Å²) < 4.78 is 9.68. The molecule has 1 N–H and O–H groups in total. The molecule has 110 valence electrons. The molecule has 0 fully saturated rings. The van der Waals surface area contributed by atoms with E-state index in [2.05, 4.69) is 10.1 Å². The zero-order valence-electron chi connectivity index (χ0n) is 11.6. The first kappa shape index (κ1) is 14.6. The zero-order chi connectivity index (χ0) is 15.4. The van der Waals surface area contributed by atoms with Crippen molar-refractivity contribution in [3.63, 3.8) is 0 Å². The van der Waals surface area contributed by atoms with E-state index in [1.54, 1.807) is 38.3 Å². The highest BCUT2D eigenvalue weighted by atomic mass is 16.6. The molecule has 1 aromatic rings. The molecular weight excluding hydrogens is 276 g/mol. The van der Waals surface area contributed by atoms with E-state index in [9.17, 15) is 14.4 Å². The Morgan fingerprint density at radius 2 is 1.90 bits per heavy atom. The third-order valence-corrected chi connectivity index (χ3v) is 2.74. The number of nitrogens with one attached hydrogen (secondary N) is 1. The fraction of sp³-hybridized carbons (Fsp3) is 0.214. The van der Waals surface area contributed by atoms with Crippen LogP contribution in [0.4, 0.5) is 10.5 Å². The maximum Gasteiger partial charge on any atom is 0.424 e. The SMILES string of the molecule is CCOC(=O)N1C(=O)C=C(Nc2ccc(OC)cc2)C1=O. The number of anilines is 1. The molecule has 1 aromatic carbocycles. The van der Waals surface area contributed by atoms with Crippen LogP contribution in [0.1, 0.15) is 6.92 Å². The van der Waals surface area contributed by atoms with Crippen molar-refractivity contribution in [2.24, 2.45) is 0 Å². The van der Waals surface area contributed by atoms with Gasteiger partial charge in [0.2, 0.25) is 0 Å². The van der Waals surface area contributed by atoms with Crippen LogP contribution in [0.15, 0.2) is 36.0 Å². The lowest BCUT2D eigenvalue weighted by Crippen LogP contribution is -2.38. The van der Waals surface area contributed by atoms with Crippen LogP contribution in [-0.2, 0) is 14.3 Å². The van der Waals surface area contributed by atoms with Gasteiger partial charge in [-0.05, 0) is 31.2 Å². The highest BCUT2D eigenvalue weighted by Gasteiger charge is 2.37. The second-order valence-corrected chi connectivity index (χ2v) is 4.09. The predicted octanol–water partition coefficient (Wildman–Crippen LogP) is 1.52. The predicted molar refractivity (Wildman–Crippen MR) is 73.6 cm³/mol. The third-order valence-electron chi connectivity index (χ3n) is 2.74. The van der Waals surface area contributed by atoms with Gasteiger partial charge in [-0.2, -0.15) is 4.90 Å². The topological polar surface area (TPSA) is 84.9 Å². The monoisotopic (exact) mass is 290 g/mol. The van der Waals surface area contributed by atoms with Crippen LogP contribution in [-0.4, -0.2) is 36.5 Å². The molecule has 0 saturated heterocycles. The van der Waals surface area contributed by atoms with Gasteiger partial charge in [0.25, 0.3) is 11.8 Å². The van der Waals surface area contributed by atoms with Gasteiger partial charge >= 0.3 is 6.09 Å². The number of benzene rings is 1. The second kappa shape index (κ2) is 6.08. The number of hydrogen-bond acceptors (Lipinski definition) is 6. The van der Waals surface area contributed by atoms with Crippen molar-refractivity contribution in [1.29, 1.82) is 0 Å². The standard InChI is InChI=1S/C14H14N2O5/c1-3-21-14(19)16-12(17)8-11(13(16)18)15-9-4-6-10(20-2)7-5-9/h4-8,15H,3H2,1-2H3. The molecule has 0 aliphatic carbocycles. The van der Waals surface area contributed by atoms with E-state index in [0.717, 1.165) is 6.08 Å². The number of ether oxygens (including phenoxy) is 2. The highest BCUT2D eigenvalue weighted by molar-refractivity contribution is 6.24. The van der Waals surface area contributed by atoms with Crippen LogP contribution in [0.25, 0.3) is 0 Å². The van der Waals surface area contributed by atoms with Gasteiger partial charge in [0, 0.05) is 11.8 Å². The molecule has 2 rings (SSSR count). The first-order valence-electron chi connectivity index (χ1n) is 6.24. The van der Waals surface area contributed by atoms with Crippen molar-refractivity contribution >= 4 is 23.6 Å². The Kier molecular flexibility index (Phi) is 4.22. The van der Waals surface area contributed by atoms with E-state index in [1.807, 2.05) is 0 Å². The maximum absolute atomic E-state index is 12.0. The fourth-order valence-electron chi connectivity index (χ4n) is 1.75. The van der Waals surface area contributed by atoms with Gasteiger partial charge in [-0.3, -0.25) is 9.59 Å². The Morgan fingerprint density at radius 3 is 2.48 bits per heavy atom. The Morgan fingerprint density at radius 1 is 1.24 bits per heavy atom. The van der Waals surface area contributed by atoms with Gasteiger partial charge in [0.1, 0.15) is 11.4 Å². The Bertz CT molecular complexity index is 606. The minimum atomic E-state index is -0.977. The number of hydrogen-bond donors (Lipinski definition) is 1. The van der Waals surface area contributed by atoms with E-state index < -0.39 is 17.9 Å². The number of amides is 3. The van der Waals surface area contributed by atoms with Gasteiger partial charge in [-0.25, -0.2) is 4.79 Å². The normalized spacial score (nSPS) is 14.0. The smallest absolute Gasteiger partial charge is 0.424 e. The molecule has 7 nitrogen and oxygen atoms in total. The van der Waals surface area contributed by atoms with Crippen molar-refractivity contribution < 1.29 is 23.9 Å². The van der Waals surface area contributed by atoms with Crippen molar-refractivity contribution in [2.45, 2.75) is 6.92 Å². The molecule has 21 heavy (non-hydrogen) atoms. The average molecular weight is 290 g/mol. The lowest BCUT2D eigenvalue weighted by atomic mass is 10.3. The van der Waals surface area contributed by atoms with Crippen LogP contribution in [0.2, 0.25) is 0 Å². The van der Waals surface area contributed by atoms with Crippen LogP contribution in [0.3, 0.4) is 0 Å². The number of imide groups is 3. The summed E-state index contributed by atoms with van der Waals surface area (Å²) in [6.07, 6.45) is 0.0824. The quantitative estimate of drug-likeness (QED) is 0.846. The van der Waals surface area contributed by atoms with Gasteiger partial charge in [0.15, 0.2) is 0 Å². The Balaban J connectivity index is 2.11. The lowest BCUT2D eigenvalue weighted by molar-refractivity contribution is -0.134. The largest absolute Gasteiger partial charge is 0.497 e. The fourth-order valence-corrected chi connectivity index (χ4v) is 1.75. The number of nitrogens with zero attached hydrogens (tertiary/aromatic N) is 1. The highest BCUT2D eigenvalue weighted by Crippen LogP contribution is 2.20. The van der Waals surface area contributed by atoms with Crippen molar-refractivity contribution in [3.05, 3.63) is 36.0 Å². The summed E-state index contributed by atoms with van der Waals surface area (Å²) in [6, 6.07) is 6.77. The van der Waals surface area contributed by atoms with Gasteiger partial charge in [-0.1, -0.05) is 0 Å². The number of carbonyl (C=O) groups is 3. The number of methoxy groups -OCH3 is 1. The molecule has 1 heterocycles. The van der Waals surface area contributed by atoms with Crippen LogP contribution in [0.5, 0.6) is 5.75 Å². The molecule has 0 aromatic heterocycles. The molecule has 0 atom stereocenters. The van der Waals surface area contributed by atoms with Gasteiger partial charge in [-0.15, -0.1) is 0 Å². The first-order chi connectivity index (χ1) is 10.1. The second-order valence-electron chi connectivity index (χ2n) is 4.09. The molecule has 1 aliphatic rings. The molecule has 0 spiro atoms. The van der Waals surface area contributed by atoms with E-state index >= 15 is 0 Å². The molecule has 3 amide bonds. The number of carbonyl (C=O) groups excluding carboxylic acids is 3. The van der Waals surface area contributed by atoms with Crippen LogP contribution in [0, 0.1) is 0 Å². The molecule has 0 unspecified atom stereocenters. The first-order valence-corrected chi connectivity index (χ1v) is 6.24. The van der Waals surface area contributed by atoms with Gasteiger partial charge in [0.05, 0.1) is 13.7 Å². The Labute approximate surface area is 121 Å². The van der Waals surface area contributed by atoms with Crippen molar-refractivity contribution in [2.75, 3.05) is 19.0 Å². The summed E-state index contributed by atoms with van der Waals surface area (Å²) in [5.74, 6) is -0.805. The molecule has 0 saturated carbocycles. The molecule has 0 bridgehead atoms. The van der Waals surface area contributed by atoms with E-state index in [0.29, 0.717) is 16.3 Å². The summed E-state index contributed by atoms with van der Waals surface area (Å²) in [5.41, 5.74) is 0.604. The van der Waals surface area contributed by atoms with Crippen LogP contribution >= 0.6 is 0 Å². The minimum Gasteiger partial charge on any atom is -0.497 e. The number of rotatable bonds is 4. The summed E-state index contributed by atoms with van der Waals surface area (Å²) >= 11 is 0. The Hall–Kier alpha value is -2.83.